The van der Waals surface area contributed by atoms with Crippen molar-refractivity contribution in [2.45, 2.75) is 31.5 Å². The molecule has 0 aliphatic carbocycles. The van der Waals surface area contributed by atoms with Gasteiger partial charge in [-0.2, -0.15) is 4.98 Å². The van der Waals surface area contributed by atoms with Gasteiger partial charge in [0.15, 0.2) is 17.4 Å². The van der Waals surface area contributed by atoms with Crippen molar-refractivity contribution in [3.8, 4) is 11.6 Å². The molecule has 0 unspecified atom stereocenters. The van der Waals surface area contributed by atoms with Crippen LogP contribution in [0, 0.1) is 6.92 Å². The van der Waals surface area contributed by atoms with Crippen LogP contribution < -0.4 is 10.4 Å². The molecule has 0 spiro atoms. The molecule has 0 amide bonds. The Morgan fingerprint density at radius 1 is 1.16 bits per heavy atom. The molecule has 11 heteroatoms. The molecule has 5 rings (SSSR count). The van der Waals surface area contributed by atoms with Crippen LogP contribution in [0.1, 0.15) is 11.8 Å². The summed E-state index contributed by atoms with van der Waals surface area (Å²) in [6.45, 7) is 1.38. The molecule has 1 saturated heterocycles. The number of hydrogen-bond donors (Lipinski definition) is 3. The number of fused-ring (bicyclic) bond motifs is 2. The van der Waals surface area contributed by atoms with Crippen molar-refractivity contribution in [3.63, 3.8) is 0 Å². The van der Waals surface area contributed by atoms with Crippen LogP contribution >= 0.6 is 0 Å². The van der Waals surface area contributed by atoms with E-state index in [1.165, 1.54) is 23.3 Å². The minimum atomic E-state index is -1.28. The lowest BCUT2D eigenvalue weighted by molar-refractivity contribution is -0.0511. The molecule has 4 aromatic rings. The molecule has 11 nitrogen and oxygen atoms in total. The average Bonchev–Trinajstić information content (AvgIpc) is 3.29. The second-order valence-electron chi connectivity index (χ2n) is 7.24. The average molecular weight is 426 g/mol. The van der Waals surface area contributed by atoms with Gasteiger partial charge in [0.25, 0.3) is 5.88 Å². The van der Waals surface area contributed by atoms with Crippen LogP contribution in [0.15, 0.2) is 46.1 Å². The van der Waals surface area contributed by atoms with Crippen LogP contribution in [0.25, 0.3) is 22.1 Å². The lowest BCUT2D eigenvalue weighted by atomic mass is 10.1. The van der Waals surface area contributed by atoms with Crippen molar-refractivity contribution in [3.05, 3.63) is 52.9 Å². The quantitative estimate of drug-likeness (QED) is 0.396. The van der Waals surface area contributed by atoms with Crippen molar-refractivity contribution in [2.75, 3.05) is 6.61 Å². The summed E-state index contributed by atoms with van der Waals surface area (Å²) in [6, 6.07) is 6.49. The summed E-state index contributed by atoms with van der Waals surface area (Å²) in [6.07, 6.45) is -1.79. The smallest absolute Gasteiger partial charge is 0.336 e. The zero-order valence-corrected chi connectivity index (χ0v) is 16.2. The first kappa shape index (κ1) is 19.6. The van der Waals surface area contributed by atoms with Gasteiger partial charge in [0.2, 0.25) is 0 Å². The summed E-state index contributed by atoms with van der Waals surface area (Å²) in [5.74, 6) is 0.522. The van der Waals surface area contributed by atoms with Gasteiger partial charge in [-0.1, -0.05) is 0 Å². The van der Waals surface area contributed by atoms with Crippen LogP contribution in [0.3, 0.4) is 0 Å². The highest BCUT2D eigenvalue weighted by Gasteiger charge is 2.44. The summed E-state index contributed by atoms with van der Waals surface area (Å²) in [7, 11) is 0. The number of hydrogen-bond acceptors (Lipinski definition) is 10. The normalized spacial score (nSPS) is 23.6. The SMILES string of the molecule is Cc1cc(=O)oc2cc(Oc3ncnc4c3ncn4[C@@H]3O[C@H](CO)[C@@H](O)[C@H]3O)ccc12. The minimum Gasteiger partial charge on any atom is -0.437 e. The Kier molecular flexibility index (Phi) is 4.67. The molecule has 4 atom stereocenters. The maximum Gasteiger partial charge on any atom is 0.336 e. The van der Waals surface area contributed by atoms with Crippen LogP contribution in [0.4, 0.5) is 0 Å². The fourth-order valence-corrected chi connectivity index (χ4v) is 3.68. The summed E-state index contributed by atoms with van der Waals surface area (Å²) in [4.78, 5) is 24.2. The van der Waals surface area contributed by atoms with Crippen molar-refractivity contribution >= 4 is 22.1 Å². The topological polar surface area (TPSA) is 153 Å². The highest BCUT2D eigenvalue weighted by Crippen LogP contribution is 2.34. The first-order valence-electron chi connectivity index (χ1n) is 9.48. The molecule has 3 aromatic heterocycles. The first-order chi connectivity index (χ1) is 15.0. The molecule has 3 N–H and O–H groups in total. The zero-order valence-electron chi connectivity index (χ0n) is 16.2. The Labute approximate surface area is 174 Å². The van der Waals surface area contributed by atoms with Gasteiger partial charge in [-0.05, 0) is 24.6 Å². The Balaban J connectivity index is 1.51. The van der Waals surface area contributed by atoms with Crippen LogP contribution in [-0.2, 0) is 4.74 Å². The third kappa shape index (κ3) is 3.24. The highest BCUT2D eigenvalue weighted by atomic mass is 16.6. The van der Waals surface area contributed by atoms with E-state index >= 15 is 0 Å². The summed E-state index contributed by atoms with van der Waals surface area (Å²) >= 11 is 0. The molecule has 0 radical (unpaired) electrons. The third-order valence-corrected chi connectivity index (χ3v) is 5.25. The molecule has 0 bridgehead atoms. The maximum absolute atomic E-state index is 11.7. The predicted molar refractivity (Wildman–Crippen MR) is 106 cm³/mol. The summed E-state index contributed by atoms with van der Waals surface area (Å²) < 4.78 is 18.1. The predicted octanol–water partition coefficient (Wildman–Crippen LogP) is 0.645. The van der Waals surface area contributed by atoms with Gasteiger partial charge in [0, 0.05) is 17.5 Å². The number of aliphatic hydroxyl groups is 3. The molecule has 1 aromatic carbocycles. The Morgan fingerprint density at radius 3 is 2.77 bits per heavy atom. The van der Waals surface area contributed by atoms with Crippen molar-refractivity contribution in [2.24, 2.45) is 0 Å². The zero-order chi connectivity index (χ0) is 21.7. The molecule has 1 aliphatic heterocycles. The van der Waals surface area contributed by atoms with Gasteiger partial charge in [-0.3, -0.25) is 4.57 Å². The number of aryl methyl sites for hydroxylation is 1. The first-order valence-corrected chi connectivity index (χ1v) is 9.48. The van der Waals surface area contributed by atoms with Crippen LogP contribution in [-0.4, -0.2) is 59.8 Å². The fourth-order valence-electron chi connectivity index (χ4n) is 3.68. The van der Waals surface area contributed by atoms with E-state index in [9.17, 15) is 20.1 Å². The lowest BCUT2D eigenvalue weighted by Gasteiger charge is -2.16. The van der Waals surface area contributed by atoms with Gasteiger partial charge in [0.05, 0.1) is 12.9 Å². The number of ether oxygens (including phenoxy) is 2. The molecule has 1 fully saturated rings. The van der Waals surface area contributed by atoms with E-state index in [1.54, 1.807) is 18.2 Å². The largest absolute Gasteiger partial charge is 0.437 e. The number of aliphatic hydroxyl groups excluding tert-OH is 3. The molecular weight excluding hydrogens is 408 g/mol. The third-order valence-electron chi connectivity index (χ3n) is 5.25. The highest BCUT2D eigenvalue weighted by molar-refractivity contribution is 5.82. The van der Waals surface area contributed by atoms with E-state index < -0.39 is 36.8 Å². The minimum absolute atomic E-state index is 0.143. The molecule has 1 aliphatic rings. The van der Waals surface area contributed by atoms with Gasteiger partial charge in [-0.25, -0.2) is 14.8 Å². The molecule has 0 saturated carbocycles. The van der Waals surface area contributed by atoms with E-state index in [0.29, 0.717) is 22.5 Å². The Bertz CT molecular complexity index is 1330. The van der Waals surface area contributed by atoms with Gasteiger partial charge in [-0.15, -0.1) is 0 Å². The van der Waals surface area contributed by atoms with Crippen molar-refractivity contribution < 1.29 is 29.2 Å². The van der Waals surface area contributed by atoms with E-state index in [1.807, 2.05) is 6.92 Å². The number of benzene rings is 1. The Morgan fingerprint density at radius 2 is 2.00 bits per heavy atom. The Hall–Kier alpha value is -3.38. The van der Waals surface area contributed by atoms with Gasteiger partial charge in [0.1, 0.15) is 36.0 Å². The summed E-state index contributed by atoms with van der Waals surface area (Å²) in [5, 5.41) is 30.4. The second-order valence-corrected chi connectivity index (χ2v) is 7.24. The standard InChI is InChI=1S/C20H18N4O7/c1-9-4-14(26)30-12-5-10(2-3-11(9)12)29-19-15-18(21-7-22-19)24(8-23-15)20-17(28)16(27)13(6-25)31-20/h2-5,7-8,13,16-17,20,25,27-28H,6H2,1H3/t13-,16-,17-,20-/m1/s1. The van der Waals surface area contributed by atoms with E-state index in [2.05, 4.69) is 15.0 Å². The molecule has 31 heavy (non-hydrogen) atoms. The van der Waals surface area contributed by atoms with Crippen molar-refractivity contribution in [1.82, 2.24) is 19.5 Å². The van der Waals surface area contributed by atoms with Gasteiger partial charge >= 0.3 is 5.63 Å². The number of rotatable bonds is 4. The maximum atomic E-state index is 11.7. The van der Waals surface area contributed by atoms with E-state index in [-0.39, 0.29) is 5.88 Å². The monoisotopic (exact) mass is 426 g/mol. The van der Waals surface area contributed by atoms with E-state index in [0.717, 1.165) is 10.9 Å². The van der Waals surface area contributed by atoms with Crippen LogP contribution in [0.2, 0.25) is 0 Å². The second kappa shape index (κ2) is 7.39. The molecular formula is C20H18N4O7. The molecule has 160 valence electrons. The summed E-state index contributed by atoms with van der Waals surface area (Å²) in [5.41, 5.74) is 1.32. The number of imidazole rings is 1. The molecule has 4 heterocycles. The number of aromatic nitrogens is 4. The van der Waals surface area contributed by atoms with Crippen LogP contribution in [0.5, 0.6) is 11.6 Å². The van der Waals surface area contributed by atoms with E-state index in [4.69, 9.17) is 13.9 Å². The number of nitrogens with zero attached hydrogens (tertiary/aromatic N) is 4. The fraction of sp³-hybridized carbons (Fsp3) is 0.300. The van der Waals surface area contributed by atoms with Crippen molar-refractivity contribution in [1.29, 1.82) is 0 Å². The lowest BCUT2D eigenvalue weighted by Crippen LogP contribution is -2.33. The van der Waals surface area contributed by atoms with Gasteiger partial charge < -0.3 is 29.2 Å².